The lowest BCUT2D eigenvalue weighted by Gasteiger charge is -2.32. The Bertz CT molecular complexity index is 1070. The first-order chi connectivity index (χ1) is 15.6. The van der Waals surface area contributed by atoms with Crippen LogP contribution in [0.25, 0.3) is 6.08 Å². The van der Waals surface area contributed by atoms with Crippen molar-refractivity contribution in [3.8, 4) is 5.75 Å². The van der Waals surface area contributed by atoms with Crippen molar-refractivity contribution in [3.63, 3.8) is 0 Å². The van der Waals surface area contributed by atoms with Crippen LogP contribution in [0.15, 0.2) is 35.4 Å². The highest BCUT2D eigenvalue weighted by Crippen LogP contribution is 2.27. The predicted molar refractivity (Wildman–Crippen MR) is 123 cm³/mol. The van der Waals surface area contributed by atoms with Crippen LogP contribution >= 0.6 is 11.8 Å². The van der Waals surface area contributed by atoms with Gasteiger partial charge in [-0.1, -0.05) is 12.1 Å². The summed E-state index contributed by atoms with van der Waals surface area (Å²) in [6.07, 6.45) is 6.49. The van der Waals surface area contributed by atoms with Crippen LogP contribution in [0.2, 0.25) is 0 Å². The summed E-state index contributed by atoms with van der Waals surface area (Å²) in [5.41, 5.74) is 3.25. The number of ether oxygens (including phenoxy) is 1. The summed E-state index contributed by atoms with van der Waals surface area (Å²) >= 11 is 0.896. The molecule has 0 unspecified atom stereocenters. The highest BCUT2D eigenvalue weighted by atomic mass is 32.2. The Hall–Kier alpha value is -2.91. The molecular formula is C23H25N5O3S. The number of fused-ring (bicyclic) bond motifs is 1. The van der Waals surface area contributed by atoms with Crippen LogP contribution in [0.4, 0.5) is 10.7 Å². The lowest BCUT2D eigenvalue weighted by atomic mass is 9.97. The summed E-state index contributed by atoms with van der Waals surface area (Å²) < 4.78 is 5.58. The van der Waals surface area contributed by atoms with Crippen molar-refractivity contribution >= 4 is 34.9 Å². The van der Waals surface area contributed by atoms with Crippen molar-refractivity contribution in [1.29, 1.82) is 0 Å². The highest BCUT2D eigenvalue weighted by molar-refractivity contribution is 8.18. The second-order valence-corrected chi connectivity index (χ2v) is 9.25. The SMILES string of the molecule is O=C1NC(=O)/C(=C/c2ccnc(N3CCC(CNCc4ccc5c(c4)CCO5)CC3)n2)S1. The molecular weight excluding hydrogens is 426 g/mol. The quantitative estimate of drug-likeness (QED) is 0.648. The first-order valence-electron chi connectivity index (χ1n) is 10.9. The molecule has 0 atom stereocenters. The topological polar surface area (TPSA) is 96.5 Å². The Kier molecular flexibility index (Phi) is 6.09. The number of carbonyl (C=O) groups is 2. The second kappa shape index (κ2) is 9.30. The van der Waals surface area contributed by atoms with Crippen molar-refractivity contribution in [2.75, 3.05) is 31.1 Å². The van der Waals surface area contributed by atoms with Gasteiger partial charge in [0.2, 0.25) is 5.95 Å². The van der Waals surface area contributed by atoms with Crippen LogP contribution in [0.5, 0.6) is 5.75 Å². The molecule has 0 aliphatic carbocycles. The van der Waals surface area contributed by atoms with Gasteiger partial charge in [-0.15, -0.1) is 0 Å². The summed E-state index contributed by atoms with van der Waals surface area (Å²) in [6.45, 7) is 4.46. The largest absolute Gasteiger partial charge is 0.493 e. The van der Waals surface area contributed by atoms with Gasteiger partial charge in [0, 0.05) is 32.3 Å². The van der Waals surface area contributed by atoms with E-state index < -0.39 is 0 Å². The van der Waals surface area contributed by atoms with Gasteiger partial charge in [0.15, 0.2) is 0 Å². The molecule has 4 heterocycles. The molecule has 2 N–H and O–H groups in total. The molecule has 166 valence electrons. The van der Waals surface area contributed by atoms with Crippen molar-refractivity contribution in [2.24, 2.45) is 5.92 Å². The number of carbonyl (C=O) groups excluding carboxylic acids is 2. The minimum absolute atomic E-state index is 0.351. The average Bonchev–Trinajstić information content (AvgIpc) is 3.39. The lowest BCUT2D eigenvalue weighted by Crippen LogP contribution is -2.38. The fraction of sp³-hybridized carbons (Fsp3) is 0.391. The number of rotatable bonds is 6. The molecule has 1 aromatic carbocycles. The molecule has 3 aliphatic heterocycles. The number of anilines is 1. The van der Waals surface area contributed by atoms with E-state index in [1.807, 2.05) is 0 Å². The maximum Gasteiger partial charge on any atom is 0.290 e. The van der Waals surface area contributed by atoms with Crippen LogP contribution in [-0.4, -0.2) is 47.4 Å². The normalized spacial score (nSPS) is 19.9. The van der Waals surface area contributed by atoms with E-state index >= 15 is 0 Å². The fourth-order valence-corrected chi connectivity index (χ4v) is 4.92. The molecule has 2 saturated heterocycles. The van der Waals surface area contributed by atoms with Gasteiger partial charge in [-0.3, -0.25) is 14.9 Å². The number of aromatic nitrogens is 2. The third-order valence-corrected chi connectivity index (χ3v) is 6.81. The molecule has 0 saturated carbocycles. The monoisotopic (exact) mass is 451 g/mol. The molecule has 3 aliphatic rings. The molecule has 0 bridgehead atoms. The number of amides is 2. The van der Waals surface area contributed by atoms with E-state index in [0.29, 0.717) is 22.5 Å². The van der Waals surface area contributed by atoms with E-state index in [1.54, 1.807) is 18.3 Å². The van der Waals surface area contributed by atoms with Gasteiger partial charge in [0.05, 0.1) is 17.2 Å². The maximum atomic E-state index is 11.8. The number of benzene rings is 1. The number of imide groups is 1. The van der Waals surface area contributed by atoms with Gasteiger partial charge in [0.1, 0.15) is 5.75 Å². The standard InChI is InChI=1S/C23H25N5O3S/c29-21-20(32-23(30)27-21)12-18-3-7-25-22(26-18)28-8-4-15(5-9-28)13-24-14-16-1-2-19-17(11-16)6-10-31-19/h1-3,7,11-12,15,24H,4-6,8-10,13-14H2,(H,27,29,30)/b20-12-. The van der Waals surface area contributed by atoms with E-state index in [-0.39, 0.29) is 11.1 Å². The third kappa shape index (κ3) is 4.78. The Morgan fingerprint density at radius 2 is 2.12 bits per heavy atom. The van der Waals surface area contributed by atoms with Crippen molar-refractivity contribution < 1.29 is 14.3 Å². The smallest absolute Gasteiger partial charge is 0.290 e. The Balaban J connectivity index is 1.11. The van der Waals surface area contributed by atoms with Crippen LogP contribution in [-0.2, 0) is 17.8 Å². The van der Waals surface area contributed by atoms with Crippen molar-refractivity contribution in [2.45, 2.75) is 25.8 Å². The first kappa shape index (κ1) is 21.0. The zero-order valence-electron chi connectivity index (χ0n) is 17.7. The Labute approximate surface area is 190 Å². The van der Waals surface area contributed by atoms with Gasteiger partial charge >= 0.3 is 0 Å². The van der Waals surface area contributed by atoms with Crippen LogP contribution in [0.3, 0.4) is 0 Å². The Morgan fingerprint density at radius 1 is 1.25 bits per heavy atom. The zero-order chi connectivity index (χ0) is 21.9. The van der Waals surface area contributed by atoms with Gasteiger partial charge in [0.25, 0.3) is 11.1 Å². The van der Waals surface area contributed by atoms with Gasteiger partial charge < -0.3 is 15.0 Å². The van der Waals surface area contributed by atoms with E-state index in [1.165, 1.54) is 11.1 Å². The first-order valence-corrected chi connectivity index (χ1v) is 11.7. The molecule has 0 radical (unpaired) electrons. The molecule has 9 heteroatoms. The van der Waals surface area contributed by atoms with Crippen LogP contribution in [0.1, 0.15) is 29.7 Å². The number of piperidine rings is 1. The summed E-state index contributed by atoms with van der Waals surface area (Å²) in [5, 5.41) is 5.52. The van der Waals surface area contributed by atoms with Crippen LogP contribution < -0.4 is 20.3 Å². The number of thioether (sulfide) groups is 1. The Morgan fingerprint density at radius 3 is 2.94 bits per heavy atom. The highest BCUT2D eigenvalue weighted by Gasteiger charge is 2.25. The maximum absolute atomic E-state index is 11.8. The predicted octanol–water partition coefficient (Wildman–Crippen LogP) is 2.74. The molecule has 2 fully saturated rings. The number of hydrogen-bond donors (Lipinski definition) is 2. The number of hydrogen-bond acceptors (Lipinski definition) is 8. The summed E-state index contributed by atoms with van der Waals surface area (Å²) in [7, 11) is 0. The molecule has 2 amide bonds. The van der Waals surface area contributed by atoms with Crippen molar-refractivity contribution in [3.05, 3.63) is 52.2 Å². The van der Waals surface area contributed by atoms with Crippen molar-refractivity contribution in [1.82, 2.24) is 20.6 Å². The van der Waals surface area contributed by atoms with E-state index in [0.717, 1.165) is 69.6 Å². The van der Waals surface area contributed by atoms with E-state index in [2.05, 4.69) is 43.7 Å². The van der Waals surface area contributed by atoms with E-state index in [4.69, 9.17) is 4.74 Å². The molecule has 0 spiro atoms. The average molecular weight is 452 g/mol. The lowest BCUT2D eigenvalue weighted by molar-refractivity contribution is -0.115. The van der Waals surface area contributed by atoms with Crippen LogP contribution in [0, 0.1) is 5.92 Å². The fourth-order valence-electron chi connectivity index (χ4n) is 4.26. The molecule has 2 aromatic rings. The van der Waals surface area contributed by atoms with Gasteiger partial charge in [-0.25, -0.2) is 9.97 Å². The summed E-state index contributed by atoms with van der Waals surface area (Å²) in [4.78, 5) is 34.6. The minimum atomic E-state index is -0.373. The molecule has 32 heavy (non-hydrogen) atoms. The molecule has 1 aromatic heterocycles. The second-order valence-electron chi connectivity index (χ2n) is 8.24. The van der Waals surface area contributed by atoms with Gasteiger partial charge in [-0.2, -0.15) is 0 Å². The third-order valence-electron chi connectivity index (χ3n) is 6.00. The van der Waals surface area contributed by atoms with E-state index in [9.17, 15) is 9.59 Å². The minimum Gasteiger partial charge on any atom is -0.493 e. The zero-order valence-corrected chi connectivity index (χ0v) is 18.5. The molecule has 5 rings (SSSR count). The summed E-state index contributed by atoms with van der Waals surface area (Å²) in [6, 6.07) is 8.22. The van der Waals surface area contributed by atoms with Gasteiger partial charge in [-0.05, 0) is 66.4 Å². The number of nitrogens with zero attached hydrogens (tertiary/aromatic N) is 3. The number of nitrogens with one attached hydrogen (secondary N) is 2. The molecule has 8 nitrogen and oxygen atoms in total. The summed E-state index contributed by atoms with van der Waals surface area (Å²) in [5.74, 6) is 1.95.